The van der Waals surface area contributed by atoms with Crippen molar-refractivity contribution in [2.45, 2.75) is 6.92 Å². The van der Waals surface area contributed by atoms with Gasteiger partial charge in [-0.15, -0.1) is 11.3 Å². The highest BCUT2D eigenvalue weighted by molar-refractivity contribution is 9.11. The number of halogens is 2. The van der Waals surface area contributed by atoms with Crippen LogP contribution in [0, 0.1) is 6.92 Å². The summed E-state index contributed by atoms with van der Waals surface area (Å²) in [6, 6.07) is 5.06. The summed E-state index contributed by atoms with van der Waals surface area (Å²) in [4.78, 5) is 12.9. The van der Waals surface area contributed by atoms with Gasteiger partial charge in [0.05, 0.1) is 33.6 Å². The number of benzene rings is 1. The van der Waals surface area contributed by atoms with E-state index in [0.717, 1.165) is 9.35 Å². The molecular formula is C14H13BrClNO3S. The number of nitrogens with one attached hydrogen (secondary N) is 1. The average Bonchev–Trinajstić information content (AvgIpc) is 2.80. The van der Waals surface area contributed by atoms with Crippen molar-refractivity contribution in [3.8, 4) is 11.5 Å². The van der Waals surface area contributed by atoms with Crippen LogP contribution in [0.2, 0.25) is 5.02 Å². The molecule has 1 amide bonds. The fourth-order valence-corrected chi connectivity index (χ4v) is 3.37. The molecule has 4 nitrogen and oxygen atoms in total. The lowest BCUT2D eigenvalue weighted by atomic mass is 10.2. The van der Waals surface area contributed by atoms with E-state index in [0.29, 0.717) is 27.1 Å². The molecule has 0 aliphatic rings. The van der Waals surface area contributed by atoms with Crippen LogP contribution in [-0.4, -0.2) is 20.1 Å². The van der Waals surface area contributed by atoms with Crippen LogP contribution in [0.1, 0.15) is 15.2 Å². The summed E-state index contributed by atoms with van der Waals surface area (Å²) in [5, 5.41) is 3.23. The van der Waals surface area contributed by atoms with Gasteiger partial charge < -0.3 is 14.8 Å². The Morgan fingerprint density at radius 2 is 1.90 bits per heavy atom. The molecule has 21 heavy (non-hydrogen) atoms. The van der Waals surface area contributed by atoms with Gasteiger partial charge in [-0.25, -0.2) is 0 Å². The van der Waals surface area contributed by atoms with E-state index >= 15 is 0 Å². The van der Waals surface area contributed by atoms with Crippen LogP contribution in [0.25, 0.3) is 0 Å². The third-order valence-electron chi connectivity index (χ3n) is 2.80. The smallest absolute Gasteiger partial charge is 0.265 e. The molecule has 0 saturated heterocycles. The summed E-state index contributed by atoms with van der Waals surface area (Å²) in [5.41, 5.74) is 1.52. The number of ether oxygens (including phenoxy) is 2. The van der Waals surface area contributed by atoms with E-state index in [4.69, 9.17) is 21.1 Å². The van der Waals surface area contributed by atoms with Crippen LogP contribution in [-0.2, 0) is 0 Å². The minimum absolute atomic E-state index is 0.212. The highest BCUT2D eigenvalue weighted by Crippen LogP contribution is 2.36. The van der Waals surface area contributed by atoms with Crippen molar-refractivity contribution >= 4 is 50.5 Å². The van der Waals surface area contributed by atoms with Gasteiger partial charge >= 0.3 is 0 Å². The van der Waals surface area contributed by atoms with Crippen LogP contribution in [0.5, 0.6) is 11.5 Å². The summed E-state index contributed by atoms with van der Waals surface area (Å²) in [5.74, 6) is 0.731. The Bertz CT molecular complexity index is 668. The Morgan fingerprint density at radius 3 is 2.43 bits per heavy atom. The van der Waals surface area contributed by atoms with Crippen LogP contribution < -0.4 is 14.8 Å². The third-order valence-corrected chi connectivity index (χ3v) is 5.23. The molecule has 0 aliphatic carbocycles. The summed E-state index contributed by atoms with van der Waals surface area (Å²) in [6.45, 7) is 1.93. The van der Waals surface area contributed by atoms with Gasteiger partial charge in [0, 0.05) is 12.1 Å². The maximum absolute atomic E-state index is 12.3. The number of hydrogen-bond acceptors (Lipinski definition) is 4. The summed E-state index contributed by atoms with van der Waals surface area (Å²) in [7, 11) is 3.03. The first kappa shape index (κ1) is 16.1. The number of thiophene rings is 1. The number of rotatable bonds is 4. The molecule has 0 saturated carbocycles. The Balaban J connectivity index is 2.31. The Hall–Kier alpha value is -1.24. The van der Waals surface area contributed by atoms with Crippen LogP contribution in [0.3, 0.4) is 0 Å². The maximum Gasteiger partial charge on any atom is 0.265 e. The predicted molar refractivity (Wildman–Crippen MR) is 89.3 cm³/mol. The topological polar surface area (TPSA) is 47.6 Å². The number of carbonyl (C=O) groups is 1. The number of carbonyl (C=O) groups excluding carboxylic acids is 1. The quantitative estimate of drug-likeness (QED) is 0.820. The van der Waals surface area contributed by atoms with E-state index in [2.05, 4.69) is 21.2 Å². The molecule has 1 aromatic heterocycles. The second kappa shape index (κ2) is 6.68. The Kier molecular flexibility index (Phi) is 5.13. The van der Waals surface area contributed by atoms with E-state index in [1.54, 1.807) is 12.1 Å². The molecule has 2 aromatic rings. The standard InChI is InChI=1S/C14H13BrClNO3S/c1-7-4-12(21-13(7)15)14(18)17-9-6-10(19-2)8(16)5-11(9)20-3/h4-6H,1-3H3,(H,17,18). The van der Waals surface area contributed by atoms with Gasteiger partial charge in [-0.2, -0.15) is 0 Å². The number of methoxy groups -OCH3 is 2. The normalized spacial score (nSPS) is 10.3. The molecule has 0 atom stereocenters. The van der Waals surface area contributed by atoms with Crippen molar-refractivity contribution in [3.05, 3.63) is 37.4 Å². The second-order valence-corrected chi connectivity index (χ2v) is 6.99. The first-order valence-corrected chi connectivity index (χ1v) is 7.93. The highest BCUT2D eigenvalue weighted by atomic mass is 79.9. The molecule has 0 unspecified atom stereocenters. The fourth-order valence-electron chi connectivity index (χ4n) is 1.71. The number of amides is 1. The van der Waals surface area contributed by atoms with Crippen molar-refractivity contribution in [1.82, 2.24) is 0 Å². The fraction of sp³-hybridized carbons (Fsp3) is 0.214. The third kappa shape index (κ3) is 3.51. The number of anilines is 1. The molecule has 0 fully saturated rings. The molecule has 0 spiro atoms. The van der Waals surface area contributed by atoms with Gasteiger partial charge in [0.2, 0.25) is 0 Å². The van der Waals surface area contributed by atoms with Crippen LogP contribution in [0.4, 0.5) is 5.69 Å². The van der Waals surface area contributed by atoms with Gasteiger partial charge in [-0.05, 0) is 34.5 Å². The van der Waals surface area contributed by atoms with E-state index < -0.39 is 0 Å². The number of hydrogen-bond donors (Lipinski definition) is 1. The predicted octanol–water partition coefficient (Wildman–Crippen LogP) is 4.74. The lowest BCUT2D eigenvalue weighted by Crippen LogP contribution is -2.11. The van der Waals surface area contributed by atoms with Gasteiger partial charge in [-0.1, -0.05) is 11.6 Å². The summed E-state index contributed by atoms with van der Waals surface area (Å²) < 4.78 is 11.3. The molecule has 2 rings (SSSR count). The largest absolute Gasteiger partial charge is 0.495 e. The zero-order valence-corrected chi connectivity index (χ0v) is 14.8. The van der Waals surface area contributed by atoms with Crippen molar-refractivity contribution < 1.29 is 14.3 Å². The molecule has 1 N–H and O–H groups in total. The molecular weight excluding hydrogens is 378 g/mol. The minimum atomic E-state index is -0.212. The van der Waals surface area contributed by atoms with Gasteiger partial charge in [0.15, 0.2) is 0 Å². The van der Waals surface area contributed by atoms with Gasteiger partial charge in [0.25, 0.3) is 5.91 Å². The van der Waals surface area contributed by atoms with E-state index in [1.807, 2.05) is 13.0 Å². The zero-order valence-electron chi connectivity index (χ0n) is 11.6. The Labute approximate surface area is 140 Å². The van der Waals surface area contributed by atoms with Gasteiger partial charge in [0.1, 0.15) is 11.5 Å². The lowest BCUT2D eigenvalue weighted by Gasteiger charge is -2.12. The second-order valence-electron chi connectivity index (χ2n) is 4.21. The molecule has 0 radical (unpaired) electrons. The monoisotopic (exact) mass is 389 g/mol. The van der Waals surface area contributed by atoms with Gasteiger partial charge in [-0.3, -0.25) is 4.79 Å². The molecule has 1 heterocycles. The van der Waals surface area contributed by atoms with E-state index in [1.165, 1.54) is 25.6 Å². The first-order valence-electron chi connectivity index (χ1n) is 5.95. The SMILES string of the molecule is COc1cc(NC(=O)c2cc(C)c(Br)s2)c(OC)cc1Cl. The highest BCUT2D eigenvalue weighted by Gasteiger charge is 2.16. The Morgan fingerprint density at radius 1 is 1.24 bits per heavy atom. The van der Waals surface area contributed by atoms with E-state index in [-0.39, 0.29) is 5.91 Å². The van der Waals surface area contributed by atoms with Crippen molar-refractivity contribution in [1.29, 1.82) is 0 Å². The summed E-state index contributed by atoms with van der Waals surface area (Å²) >= 11 is 10.8. The average molecular weight is 391 g/mol. The first-order chi connectivity index (χ1) is 9.96. The number of aryl methyl sites for hydroxylation is 1. The molecule has 0 bridgehead atoms. The minimum Gasteiger partial charge on any atom is -0.495 e. The summed E-state index contributed by atoms with van der Waals surface area (Å²) in [6.07, 6.45) is 0. The lowest BCUT2D eigenvalue weighted by molar-refractivity contribution is 0.103. The van der Waals surface area contributed by atoms with Crippen molar-refractivity contribution in [2.75, 3.05) is 19.5 Å². The molecule has 1 aromatic carbocycles. The molecule has 0 aliphatic heterocycles. The zero-order chi connectivity index (χ0) is 15.6. The van der Waals surface area contributed by atoms with Crippen molar-refractivity contribution in [3.63, 3.8) is 0 Å². The van der Waals surface area contributed by atoms with Crippen LogP contribution >= 0.6 is 38.9 Å². The van der Waals surface area contributed by atoms with Crippen LogP contribution in [0.15, 0.2) is 22.0 Å². The molecule has 112 valence electrons. The maximum atomic E-state index is 12.3. The van der Waals surface area contributed by atoms with Crippen molar-refractivity contribution in [2.24, 2.45) is 0 Å². The van der Waals surface area contributed by atoms with E-state index in [9.17, 15) is 4.79 Å². The molecule has 7 heteroatoms.